The molecule has 0 aliphatic heterocycles. The Labute approximate surface area is 144 Å². The SMILES string of the molecule is CN[C@@H](CCCCN)C(=O)NC(c1ccccc1)c1ccccc1. The lowest BCUT2D eigenvalue weighted by Crippen LogP contribution is -2.44. The molecule has 24 heavy (non-hydrogen) atoms. The molecule has 0 unspecified atom stereocenters. The van der Waals surface area contributed by atoms with Crippen LogP contribution in [0.25, 0.3) is 0 Å². The van der Waals surface area contributed by atoms with E-state index >= 15 is 0 Å². The lowest BCUT2D eigenvalue weighted by atomic mass is 9.98. The summed E-state index contributed by atoms with van der Waals surface area (Å²) in [6, 6.07) is 19.8. The maximum Gasteiger partial charge on any atom is 0.237 e. The fourth-order valence-electron chi connectivity index (χ4n) is 2.79. The average molecular weight is 325 g/mol. The van der Waals surface area contributed by atoms with E-state index in [0.29, 0.717) is 6.54 Å². The molecule has 128 valence electrons. The van der Waals surface area contributed by atoms with Crippen LogP contribution in [-0.4, -0.2) is 25.5 Å². The summed E-state index contributed by atoms with van der Waals surface area (Å²) in [4.78, 5) is 12.7. The third-order valence-electron chi connectivity index (χ3n) is 4.16. The predicted octanol–water partition coefficient (Wildman–Crippen LogP) is 2.61. The van der Waals surface area contributed by atoms with E-state index in [1.54, 1.807) is 0 Å². The van der Waals surface area contributed by atoms with Crippen molar-refractivity contribution >= 4 is 5.91 Å². The number of rotatable bonds is 9. The first-order chi connectivity index (χ1) is 11.8. The van der Waals surface area contributed by atoms with E-state index in [2.05, 4.69) is 10.6 Å². The number of unbranched alkanes of at least 4 members (excludes halogenated alkanes) is 1. The van der Waals surface area contributed by atoms with E-state index < -0.39 is 0 Å². The predicted molar refractivity (Wildman–Crippen MR) is 98.6 cm³/mol. The second kappa shape index (κ2) is 9.85. The summed E-state index contributed by atoms with van der Waals surface area (Å²) in [5.74, 6) is 0.0206. The van der Waals surface area contributed by atoms with Crippen molar-refractivity contribution in [2.75, 3.05) is 13.6 Å². The molecule has 2 rings (SSSR count). The van der Waals surface area contributed by atoms with Crippen molar-refractivity contribution in [2.24, 2.45) is 5.73 Å². The summed E-state index contributed by atoms with van der Waals surface area (Å²) in [6.07, 6.45) is 2.67. The van der Waals surface area contributed by atoms with Crippen molar-refractivity contribution in [3.63, 3.8) is 0 Å². The molecule has 0 spiro atoms. The summed E-state index contributed by atoms with van der Waals surface area (Å²) in [5, 5.41) is 6.31. The van der Waals surface area contributed by atoms with E-state index in [1.807, 2.05) is 67.7 Å². The topological polar surface area (TPSA) is 67.1 Å². The zero-order valence-corrected chi connectivity index (χ0v) is 14.2. The fraction of sp³-hybridized carbons (Fsp3) is 0.350. The highest BCUT2D eigenvalue weighted by molar-refractivity contribution is 5.82. The van der Waals surface area contributed by atoms with Gasteiger partial charge in [-0.2, -0.15) is 0 Å². The zero-order chi connectivity index (χ0) is 17.2. The van der Waals surface area contributed by atoms with Crippen LogP contribution in [0.5, 0.6) is 0 Å². The molecule has 1 atom stereocenters. The number of hydrogen-bond donors (Lipinski definition) is 3. The Kier molecular flexibility index (Phi) is 7.46. The number of carbonyl (C=O) groups is 1. The smallest absolute Gasteiger partial charge is 0.237 e. The van der Waals surface area contributed by atoms with Gasteiger partial charge in [0.1, 0.15) is 0 Å². The number of likely N-dealkylation sites (N-methyl/N-ethyl adjacent to an activating group) is 1. The Morgan fingerprint density at radius 1 is 0.958 bits per heavy atom. The highest BCUT2D eigenvalue weighted by atomic mass is 16.2. The minimum Gasteiger partial charge on any atom is -0.344 e. The molecule has 0 aliphatic carbocycles. The highest BCUT2D eigenvalue weighted by Crippen LogP contribution is 2.22. The van der Waals surface area contributed by atoms with Crippen LogP contribution < -0.4 is 16.4 Å². The highest BCUT2D eigenvalue weighted by Gasteiger charge is 2.21. The van der Waals surface area contributed by atoms with Gasteiger partial charge in [-0.3, -0.25) is 4.79 Å². The maximum absolute atomic E-state index is 12.7. The average Bonchev–Trinajstić information content (AvgIpc) is 2.64. The second-order valence-corrected chi connectivity index (χ2v) is 5.89. The first kappa shape index (κ1) is 18.2. The quantitative estimate of drug-likeness (QED) is 0.621. The Morgan fingerprint density at radius 2 is 1.50 bits per heavy atom. The molecule has 4 N–H and O–H groups in total. The third-order valence-corrected chi connectivity index (χ3v) is 4.16. The Bertz CT molecular complexity index is 561. The second-order valence-electron chi connectivity index (χ2n) is 5.89. The van der Waals surface area contributed by atoms with Gasteiger partial charge in [-0.1, -0.05) is 67.1 Å². The largest absolute Gasteiger partial charge is 0.344 e. The van der Waals surface area contributed by atoms with Crippen LogP contribution in [0.4, 0.5) is 0 Å². The van der Waals surface area contributed by atoms with Crippen molar-refractivity contribution in [1.29, 1.82) is 0 Å². The normalized spacial score (nSPS) is 12.1. The van der Waals surface area contributed by atoms with Gasteiger partial charge >= 0.3 is 0 Å². The van der Waals surface area contributed by atoms with Gasteiger partial charge in [-0.25, -0.2) is 0 Å². The molecule has 0 saturated carbocycles. The molecule has 2 aromatic rings. The van der Waals surface area contributed by atoms with Crippen LogP contribution in [-0.2, 0) is 4.79 Å². The first-order valence-corrected chi connectivity index (χ1v) is 8.54. The van der Waals surface area contributed by atoms with E-state index in [4.69, 9.17) is 5.73 Å². The van der Waals surface area contributed by atoms with Gasteiger partial charge in [0.05, 0.1) is 12.1 Å². The summed E-state index contributed by atoms with van der Waals surface area (Å²) in [7, 11) is 1.83. The lowest BCUT2D eigenvalue weighted by Gasteiger charge is -2.23. The fourth-order valence-corrected chi connectivity index (χ4v) is 2.79. The molecule has 0 aliphatic rings. The molecule has 0 heterocycles. The zero-order valence-electron chi connectivity index (χ0n) is 14.2. The Hall–Kier alpha value is -2.17. The Morgan fingerprint density at radius 3 is 1.96 bits per heavy atom. The molecule has 4 nitrogen and oxygen atoms in total. The lowest BCUT2D eigenvalue weighted by molar-refractivity contribution is -0.123. The van der Waals surface area contributed by atoms with E-state index in [-0.39, 0.29) is 18.0 Å². The monoisotopic (exact) mass is 325 g/mol. The van der Waals surface area contributed by atoms with Gasteiger partial charge in [0.2, 0.25) is 5.91 Å². The van der Waals surface area contributed by atoms with Crippen molar-refractivity contribution in [3.8, 4) is 0 Å². The molecular formula is C20H27N3O. The maximum atomic E-state index is 12.7. The minimum absolute atomic E-state index is 0.0206. The number of benzene rings is 2. The van der Waals surface area contributed by atoms with Crippen LogP contribution in [0.3, 0.4) is 0 Å². The third kappa shape index (κ3) is 5.18. The summed E-state index contributed by atoms with van der Waals surface area (Å²) >= 11 is 0. The van der Waals surface area contributed by atoms with Gasteiger partial charge in [0, 0.05) is 0 Å². The summed E-state index contributed by atoms with van der Waals surface area (Å²) in [5.41, 5.74) is 7.70. The van der Waals surface area contributed by atoms with Gasteiger partial charge in [-0.05, 0) is 37.6 Å². The molecular weight excluding hydrogens is 298 g/mol. The molecule has 0 aromatic heterocycles. The molecule has 2 aromatic carbocycles. The van der Waals surface area contributed by atoms with Crippen LogP contribution in [0.1, 0.15) is 36.4 Å². The van der Waals surface area contributed by atoms with Crippen LogP contribution in [0, 0.1) is 0 Å². The van der Waals surface area contributed by atoms with Gasteiger partial charge < -0.3 is 16.4 Å². The number of hydrogen-bond acceptors (Lipinski definition) is 3. The number of carbonyl (C=O) groups excluding carboxylic acids is 1. The van der Waals surface area contributed by atoms with E-state index in [9.17, 15) is 4.79 Å². The molecule has 4 heteroatoms. The molecule has 0 saturated heterocycles. The van der Waals surface area contributed by atoms with Crippen LogP contribution in [0.2, 0.25) is 0 Å². The van der Waals surface area contributed by atoms with Crippen molar-refractivity contribution in [2.45, 2.75) is 31.3 Å². The van der Waals surface area contributed by atoms with Crippen LogP contribution >= 0.6 is 0 Å². The number of nitrogens with two attached hydrogens (primary N) is 1. The molecule has 0 fully saturated rings. The van der Waals surface area contributed by atoms with Crippen molar-refractivity contribution < 1.29 is 4.79 Å². The van der Waals surface area contributed by atoms with E-state index in [1.165, 1.54) is 0 Å². The van der Waals surface area contributed by atoms with Gasteiger partial charge in [-0.15, -0.1) is 0 Å². The molecule has 0 bridgehead atoms. The standard InChI is InChI=1S/C20H27N3O/c1-22-18(14-8-9-15-21)20(24)23-19(16-10-4-2-5-11-16)17-12-6-3-7-13-17/h2-7,10-13,18-19,22H,8-9,14-15,21H2,1H3,(H,23,24)/t18-/m0/s1. The minimum atomic E-state index is -0.202. The van der Waals surface area contributed by atoms with E-state index in [0.717, 1.165) is 30.4 Å². The number of amides is 1. The van der Waals surface area contributed by atoms with Gasteiger partial charge in [0.15, 0.2) is 0 Å². The van der Waals surface area contributed by atoms with Crippen LogP contribution in [0.15, 0.2) is 60.7 Å². The van der Waals surface area contributed by atoms with Gasteiger partial charge in [0.25, 0.3) is 0 Å². The number of nitrogens with one attached hydrogen (secondary N) is 2. The summed E-state index contributed by atoms with van der Waals surface area (Å²) < 4.78 is 0. The van der Waals surface area contributed by atoms with Crippen molar-refractivity contribution in [3.05, 3.63) is 71.8 Å². The van der Waals surface area contributed by atoms with Crippen molar-refractivity contribution in [1.82, 2.24) is 10.6 Å². The Balaban J connectivity index is 2.14. The summed E-state index contributed by atoms with van der Waals surface area (Å²) in [6.45, 7) is 0.661. The first-order valence-electron chi connectivity index (χ1n) is 8.54. The molecule has 1 amide bonds. The molecule has 0 radical (unpaired) electrons.